The highest BCUT2D eigenvalue weighted by molar-refractivity contribution is 9.10. The monoisotopic (exact) mass is 574 g/mol. The number of aromatic nitrogens is 3. The Bertz CT molecular complexity index is 1390. The van der Waals surface area contributed by atoms with Crippen LogP contribution in [0.4, 0.5) is 5.69 Å². The fourth-order valence-corrected chi connectivity index (χ4v) is 4.71. The molecule has 2 amide bonds. The molecule has 3 heterocycles. The Balaban J connectivity index is 1.18. The van der Waals surface area contributed by atoms with E-state index in [0.717, 1.165) is 35.0 Å². The van der Waals surface area contributed by atoms with Crippen molar-refractivity contribution in [2.24, 2.45) is 5.92 Å². The lowest BCUT2D eigenvalue weighted by atomic mass is 9.96. The van der Waals surface area contributed by atoms with E-state index >= 15 is 0 Å². The van der Waals surface area contributed by atoms with E-state index in [9.17, 15) is 9.59 Å². The number of halogens is 1. The maximum absolute atomic E-state index is 13.2. The molecule has 4 aromatic rings. The van der Waals surface area contributed by atoms with E-state index in [1.54, 1.807) is 36.7 Å². The van der Waals surface area contributed by atoms with Crippen LogP contribution in [-0.4, -0.2) is 44.9 Å². The number of carbonyl (C=O) groups excluding carboxylic acids is 2. The lowest BCUT2D eigenvalue weighted by Gasteiger charge is -2.31. The number of benzene rings is 2. The van der Waals surface area contributed by atoms with Crippen LogP contribution in [0.5, 0.6) is 0 Å². The molecule has 10 heteroatoms. The Kier molecular flexibility index (Phi) is 8.20. The van der Waals surface area contributed by atoms with Crippen LogP contribution >= 0.6 is 15.9 Å². The molecule has 2 N–H and O–H groups in total. The van der Waals surface area contributed by atoms with E-state index in [0.29, 0.717) is 42.6 Å². The third-order valence-corrected chi connectivity index (χ3v) is 6.94. The summed E-state index contributed by atoms with van der Waals surface area (Å²) in [6, 6.07) is 18.5. The molecule has 194 valence electrons. The fraction of sp³-hybridized carbons (Fsp3) is 0.250. The van der Waals surface area contributed by atoms with Crippen LogP contribution in [0.25, 0.3) is 11.4 Å². The second-order valence-corrected chi connectivity index (χ2v) is 10.1. The zero-order valence-corrected chi connectivity index (χ0v) is 22.2. The molecule has 1 unspecified atom stereocenters. The SMILES string of the molecule is O=C(NCc1cccnc1)c1ccccc1NC(=O)C1CCCN(Cc2nc(-c3ccc(Br)cc3)no2)C1. The average molecular weight is 575 g/mol. The van der Waals surface area contributed by atoms with E-state index in [2.05, 4.69) is 46.6 Å². The van der Waals surface area contributed by atoms with E-state index in [-0.39, 0.29) is 17.7 Å². The molecule has 9 nitrogen and oxygen atoms in total. The zero-order chi connectivity index (χ0) is 26.3. The van der Waals surface area contributed by atoms with Gasteiger partial charge in [0.1, 0.15) is 0 Å². The fourth-order valence-electron chi connectivity index (χ4n) is 4.44. The molecule has 0 spiro atoms. The van der Waals surface area contributed by atoms with Gasteiger partial charge in [0, 0.05) is 35.5 Å². The van der Waals surface area contributed by atoms with Gasteiger partial charge in [0.2, 0.25) is 17.6 Å². The van der Waals surface area contributed by atoms with Crippen LogP contribution < -0.4 is 10.6 Å². The molecule has 1 atom stereocenters. The molecule has 0 radical (unpaired) electrons. The van der Waals surface area contributed by atoms with Crippen molar-refractivity contribution in [1.29, 1.82) is 0 Å². The predicted molar refractivity (Wildman–Crippen MR) is 146 cm³/mol. The molecule has 5 rings (SSSR count). The molecule has 1 fully saturated rings. The molecular formula is C28H27BrN6O3. The minimum Gasteiger partial charge on any atom is -0.348 e. The summed E-state index contributed by atoms with van der Waals surface area (Å²) in [5.41, 5.74) is 2.69. The summed E-state index contributed by atoms with van der Waals surface area (Å²) in [6.07, 6.45) is 5.04. The number of likely N-dealkylation sites (tertiary alicyclic amines) is 1. The molecule has 1 aliphatic heterocycles. The number of carbonyl (C=O) groups is 2. The van der Waals surface area contributed by atoms with Gasteiger partial charge in [-0.3, -0.25) is 19.5 Å². The quantitative estimate of drug-likeness (QED) is 0.314. The highest BCUT2D eigenvalue weighted by atomic mass is 79.9. The van der Waals surface area contributed by atoms with Gasteiger partial charge >= 0.3 is 0 Å². The summed E-state index contributed by atoms with van der Waals surface area (Å²) < 4.78 is 6.46. The Morgan fingerprint density at radius 1 is 1.08 bits per heavy atom. The van der Waals surface area contributed by atoms with E-state index < -0.39 is 0 Å². The number of hydrogen-bond donors (Lipinski definition) is 2. The van der Waals surface area contributed by atoms with E-state index in [1.165, 1.54) is 0 Å². The Morgan fingerprint density at radius 2 is 1.92 bits per heavy atom. The first-order chi connectivity index (χ1) is 18.5. The molecule has 2 aromatic heterocycles. The van der Waals surface area contributed by atoms with Crippen molar-refractivity contribution in [1.82, 2.24) is 25.3 Å². The van der Waals surface area contributed by atoms with Gasteiger partial charge in [-0.2, -0.15) is 4.98 Å². The topological polar surface area (TPSA) is 113 Å². The average Bonchev–Trinajstić information content (AvgIpc) is 3.41. The summed E-state index contributed by atoms with van der Waals surface area (Å²) >= 11 is 3.43. The standard InChI is InChI=1S/C28H27BrN6O3/c29-22-11-9-20(10-12-22)26-33-25(38-34-26)18-35-14-4-6-21(17-35)27(36)32-24-8-2-1-7-23(24)28(37)31-16-19-5-3-13-30-15-19/h1-3,5,7-13,15,21H,4,6,14,16-18H2,(H,31,37)(H,32,36). The zero-order valence-electron chi connectivity index (χ0n) is 20.6. The maximum Gasteiger partial charge on any atom is 0.253 e. The number of nitrogens with zero attached hydrogens (tertiary/aromatic N) is 4. The summed E-state index contributed by atoms with van der Waals surface area (Å²) in [5.74, 6) is 0.470. The lowest BCUT2D eigenvalue weighted by Crippen LogP contribution is -2.40. The van der Waals surface area contributed by atoms with Crippen molar-refractivity contribution in [3.05, 3.63) is 94.5 Å². The number of anilines is 1. The van der Waals surface area contributed by atoms with Gasteiger partial charge in [-0.05, 0) is 67.4 Å². The van der Waals surface area contributed by atoms with Crippen LogP contribution in [0.2, 0.25) is 0 Å². The number of nitrogens with one attached hydrogen (secondary N) is 2. The van der Waals surface area contributed by atoms with Crippen molar-refractivity contribution in [3.63, 3.8) is 0 Å². The maximum atomic E-state index is 13.2. The number of rotatable bonds is 8. The minimum atomic E-state index is -0.256. The van der Waals surface area contributed by atoms with Crippen LogP contribution in [0.1, 0.15) is 34.7 Å². The molecule has 0 bridgehead atoms. The van der Waals surface area contributed by atoms with Crippen molar-refractivity contribution in [2.45, 2.75) is 25.9 Å². The first-order valence-electron chi connectivity index (χ1n) is 12.4. The molecule has 38 heavy (non-hydrogen) atoms. The number of amides is 2. The molecule has 1 saturated heterocycles. The van der Waals surface area contributed by atoms with Gasteiger partial charge in [0.15, 0.2) is 0 Å². The largest absolute Gasteiger partial charge is 0.348 e. The minimum absolute atomic E-state index is 0.108. The third kappa shape index (κ3) is 6.51. The third-order valence-electron chi connectivity index (χ3n) is 6.41. The summed E-state index contributed by atoms with van der Waals surface area (Å²) in [7, 11) is 0. The molecule has 2 aromatic carbocycles. The van der Waals surface area contributed by atoms with Gasteiger partial charge in [0.25, 0.3) is 5.91 Å². The molecule has 0 aliphatic carbocycles. The van der Waals surface area contributed by atoms with Crippen LogP contribution in [0.3, 0.4) is 0 Å². The van der Waals surface area contributed by atoms with Gasteiger partial charge in [-0.25, -0.2) is 0 Å². The van der Waals surface area contributed by atoms with Gasteiger partial charge in [0.05, 0.1) is 23.7 Å². The van der Waals surface area contributed by atoms with Crippen molar-refractivity contribution in [3.8, 4) is 11.4 Å². The predicted octanol–water partition coefficient (Wildman–Crippen LogP) is 4.67. The summed E-state index contributed by atoms with van der Waals surface area (Å²) in [4.78, 5) is 36.8. The van der Waals surface area contributed by atoms with Gasteiger partial charge < -0.3 is 15.2 Å². The van der Waals surface area contributed by atoms with Crippen molar-refractivity contribution < 1.29 is 14.1 Å². The molecular weight excluding hydrogens is 548 g/mol. The normalized spacial score (nSPS) is 15.7. The summed E-state index contributed by atoms with van der Waals surface area (Å²) in [6.45, 7) is 2.23. The smallest absolute Gasteiger partial charge is 0.253 e. The van der Waals surface area contributed by atoms with Crippen molar-refractivity contribution in [2.75, 3.05) is 18.4 Å². The summed E-state index contributed by atoms with van der Waals surface area (Å²) in [5, 5.41) is 9.98. The lowest BCUT2D eigenvalue weighted by molar-refractivity contribution is -0.121. The highest BCUT2D eigenvalue weighted by Gasteiger charge is 2.28. The second-order valence-electron chi connectivity index (χ2n) is 9.17. The number of piperidine rings is 1. The van der Waals surface area contributed by atoms with E-state index in [4.69, 9.17) is 4.52 Å². The van der Waals surface area contributed by atoms with Crippen molar-refractivity contribution >= 4 is 33.4 Å². The first kappa shape index (κ1) is 25.7. The van der Waals surface area contributed by atoms with Crippen LogP contribution in [-0.2, 0) is 17.9 Å². The highest BCUT2D eigenvalue weighted by Crippen LogP contribution is 2.23. The van der Waals surface area contributed by atoms with E-state index in [1.807, 2.05) is 36.4 Å². The van der Waals surface area contributed by atoms with Gasteiger partial charge in [-0.15, -0.1) is 0 Å². The second kappa shape index (κ2) is 12.1. The Labute approximate surface area is 228 Å². The Morgan fingerprint density at radius 3 is 2.74 bits per heavy atom. The Hall–Kier alpha value is -3.89. The van der Waals surface area contributed by atoms with Crippen LogP contribution in [0.15, 0.2) is 82.1 Å². The number of pyridine rings is 1. The van der Waals surface area contributed by atoms with Crippen LogP contribution in [0, 0.1) is 5.92 Å². The number of para-hydroxylation sites is 1. The number of hydrogen-bond acceptors (Lipinski definition) is 7. The first-order valence-corrected chi connectivity index (χ1v) is 13.2. The molecule has 0 saturated carbocycles. The molecule has 1 aliphatic rings. The van der Waals surface area contributed by atoms with Gasteiger partial charge in [-0.1, -0.05) is 39.3 Å².